The number of aromatic amines is 1. The van der Waals surface area contributed by atoms with Crippen molar-refractivity contribution in [1.82, 2.24) is 9.97 Å². The number of amides is 1. The zero-order valence-electron chi connectivity index (χ0n) is 12.7. The molecule has 0 fully saturated rings. The minimum Gasteiger partial charge on any atom is -0.312 e. The van der Waals surface area contributed by atoms with Crippen molar-refractivity contribution in [2.45, 2.75) is 58.3 Å². The highest BCUT2D eigenvalue weighted by Crippen LogP contribution is 2.08. The van der Waals surface area contributed by atoms with E-state index in [4.69, 9.17) is 0 Å². The molecule has 0 atom stereocenters. The van der Waals surface area contributed by atoms with Crippen molar-refractivity contribution in [1.29, 1.82) is 0 Å². The molecule has 2 N–H and O–H groups in total. The molecule has 0 aliphatic carbocycles. The summed E-state index contributed by atoms with van der Waals surface area (Å²) in [6.07, 6.45) is 14.1. The first-order chi connectivity index (χ1) is 10.2. The maximum absolute atomic E-state index is 11.7. The number of hydrogen-bond acceptors (Lipinski definition) is 3. The van der Waals surface area contributed by atoms with Gasteiger partial charge in [-0.2, -0.15) is 0 Å². The van der Waals surface area contributed by atoms with E-state index < -0.39 is 5.69 Å². The number of H-pyrrole nitrogens is 1. The number of allylic oxidation sites excluding steroid dienone is 2. The van der Waals surface area contributed by atoms with Crippen LogP contribution in [0.25, 0.3) is 0 Å². The number of hydrogen-bond donors (Lipinski definition) is 2. The highest BCUT2D eigenvalue weighted by molar-refractivity contribution is 5.89. The van der Waals surface area contributed by atoms with Gasteiger partial charge in [0.15, 0.2) is 0 Å². The van der Waals surface area contributed by atoms with Crippen LogP contribution < -0.4 is 11.0 Å². The molecule has 0 bridgehead atoms. The van der Waals surface area contributed by atoms with E-state index in [2.05, 4.69) is 34.4 Å². The van der Waals surface area contributed by atoms with Crippen LogP contribution in [-0.4, -0.2) is 15.9 Å². The summed E-state index contributed by atoms with van der Waals surface area (Å²) < 4.78 is 0. The second kappa shape index (κ2) is 10.8. The zero-order valence-corrected chi connectivity index (χ0v) is 12.7. The van der Waals surface area contributed by atoms with Gasteiger partial charge in [-0.25, -0.2) is 9.78 Å². The van der Waals surface area contributed by atoms with Gasteiger partial charge in [0.1, 0.15) is 5.82 Å². The third-order valence-electron chi connectivity index (χ3n) is 3.13. The Labute approximate surface area is 125 Å². The Balaban J connectivity index is 2.03. The summed E-state index contributed by atoms with van der Waals surface area (Å²) in [4.78, 5) is 28.6. The largest absolute Gasteiger partial charge is 0.346 e. The predicted molar refractivity (Wildman–Crippen MR) is 85.2 cm³/mol. The van der Waals surface area contributed by atoms with Gasteiger partial charge in [-0.3, -0.25) is 9.78 Å². The second-order valence-corrected chi connectivity index (χ2v) is 5.02. The molecule has 0 saturated heterocycles. The van der Waals surface area contributed by atoms with Gasteiger partial charge >= 0.3 is 5.69 Å². The summed E-state index contributed by atoms with van der Waals surface area (Å²) in [7, 11) is 0. The van der Waals surface area contributed by atoms with Gasteiger partial charge in [0.25, 0.3) is 0 Å². The highest BCUT2D eigenvalue weighted by atomic mass is 16.2. The Kier molecular flexibility index (Phi) is 8.84. The van der Waals surface area contributed by atoms with Crippen LogP contribution in [0.1, 0.15) is 58.3 Å². The minimum absolute atomic E-state index is 0.0669. The first-order valence-electron chi connectivity index (χ1n) is 7.72. The van der Waals surface area contributed by atoms with Gasteiger partial charge < -0.3 is 5.32 Å². The van der Waals surface area contributed by atoms with Crippen molar-refractivity contribution in [3.05, 3.63) is 34.9 Å². The first kappa shape index (κ1) is 17.1. The van der Waals surface area contributed by atoms with E-state index in [1.165, 1.54) is 25.5 Å². The summed E-state index contributed by atoms with van der Waals surface area (Å²) in [5.41, 5.74) is -0.454. The number of nitrogens with zero attached hydrogens (tertiary/aromatic N) is 1. The number of rotatable bonds is 10. The van der Waals surface area contributed by atoms with Crippen molar-refractivity contribution in [3.8, 4) is 0 Å². The summed E-state index contributed by atoms with van der Waals surface area (Å²) in [6, 6.07) is 1.57. The van der Waals surface area contributed by atoms with Crippen LogP contribution in [0.4, 0.5) is 5.82 Å². The molecule has 0 aliphatic heterocycles. The SMILES string of the molecule is CCC=CCCCCCCCC(=O)Nc1ccnc(=O)[nH]1. The van der Waals surface area contributed by atoms with Crippen molar-refractivity contribution in [2.75, 3.05) is 5.32 Å². The van der Waals surface area contributed by atoms with E-state index in [1.807, 2.05) is 0 Å². The van der Waals surface area contributed by atoms with E-state index in [0.29, 0.717) is 12.2 Å². The second-order valence-electron chi connectivity index (χ2n) is 5.02. The molecule has 0 aromatic carbocycles. The summed E-state index contributed by atoms with van der Waals surface area (Å²) in [6.45, 7) is 2.14. The van der Waals surface area contributed by atoms with Crippen LogP contribution in [0.3, 0.4) is 0 Å². The summed E-state index contributed by atoms with van der Waals surface area (Å²) >= 11 is 0. The van der Waals surface area contributed by atoms with Crippen molar-refractivity contribution < 1.29 is 4.79 Å². The maximum atomic E-state index is 11.7. The van der Waals surface area contributed by atoms with Gasteiger partial charge in [-0.15, -0.1) is 0 Å². The van der Waals surface area contributed by atoms with E-state index in [1.54, 1.807) is 6.07 Å². The van der Waals surface area contributed by atoms with Gasteiger partial charge in [0, 0.05) is 12.6 Å². The molecule has 0 aliphatic rings. The van der Waals surface area contributed by atoms with Crippen LogP contribution in [-0.2, 0) is 4.79 Å². The van der Waals surface area contributed by atoms with E-state index in [9.17, 15) is 9.59 Å². The number of aromatic nitrogens is 2. The van der Waals surface area contributed by atoms with Gasteiger partial charge in [-0.05, 0) is 31.7 Å². The Hall–Kier alpha value is -1.91. The smallest absolute Gasteiger partial charge is 0.312 e. The van der Waals surface area contributed by atoms with Crippen LogP contribution in [0.5, 0.6) is 0 Å². The lowest BCUT2D eigenvalue weighted by Crippen LogP contribution is -2.17. The molecule has 0 radical (unpaired) electrons. The number of nitrogens with one attached hydrogen (secondary N) is 2. The van der Waals surface area contributed by atoms with Crippen molar-refractivity contribution in [2.24, 2.45) is 0 Å². The van der Waals surface area contributed by atoms with E-state index >= 15 is 0 Å². The lowest BCUT2D eigenvalue weighted by molar-refractivity contribution is -0.116. The van der Waals surface area contributed by atoms with Gasteiger partial charge in [0.2, 0.25) is 5.91 Å². The fourth-order valence-electron chi connectivity index (χ4n) is 2.02. The minimum atomic E-state index is -0.454. The Morgan fingerprint density at radius 3 is 2.76 bits per heavy atom. The molecule has 21 heavy (non-hydrogen) atoms. The molecule has 116 valence electrons. The number of carbonyl (C=O) groups is 1. The Morgan fingerprint density at radius 1 is 1.24 bits per heavy atom. The average molecular weight is 291 g/mol. The number of anilines is 1. The predicted octanol–water partition coefficient (Wildman–Crippen LogP) is 3.41. The van der Waals surface area contributed by atoms with E-state index in [-0.39, 0.29) is 5.91 Å². The lowest BCUT2D eigenvalue weighted by atomic mass is 10.1. The number of carbonyl (C=O) groups excluding carboxylic acids is 1. The van der Waals surface area contributed by atoms with Crippen LogP contribution in [0.2, 0.25) is 0 Å². The standard InChI is InChI=1S/C16H25N3O2/c1-2-3-4-5-6-7-8-9-10-11-15(20)18-14-12-13-17-16(21)19-14/h3-4,12-13H,2,5-11H2,1H3,(H2,17,18,19,20,21). The summed E-state index contributed by atoms with van der Waals surface area (Å²) in [5.74, 6) is 0.338. The molecule has 1 aromatic heterocycles. The number of unbranched alkanes of at least 4 members (excludes halogenated alkanes) is 5. The molecule has 0 spiro atoms. The molecule has 0 unspecified atom stereocenters. The Bertz CT molecular complexity index is 494. The Morgan fingerprint density at radius 2 is 2.00 bits per heavy atom. The third-order valence-corrected chi connectivity index (χ3v) is 3.13. The fourth-order valence-corrected chi connectivity index (χ4v) is 2.02. The molecule has 1 amide bonds. The van der Waals surface area contributed by atoms with E-state index in [0.717, 1.165) is 25.7 Å². The maximum Gasteiger partial charge on any atom is 0.346 e. The topological polar surface area (TPSA) is 74.8 Å². The first-order valence-corrected chi connectivity index (χ1v) is 7.72. The molecule has 5 heteroatoms. The third kappa shape index (κ3) is 8.78. The molecule has 1 rings (SSSR count). The van der Waals surface area contributed by atoms with Crippen LogP contribution in [0, 0.1) is 0 Å². The molecule has 1 aromatic rings. The lowest BCUT2D eigenvalue weighted by Gasteiger charge is -2.04. The average Bonchev–Trinajstić information content (AvgIpc) is 2.45. The molecule has 1 heterocycles. The quantitative estimate of drug-likeness (QED) is 0.512. The molecule has 5 nitrogen and oxygen atoms in total. The summed E-state index contributed by atoms with van der Waals surface area (Å²) in [5, 5.41) is 2.66. The molecule has 0 saturated carbocycles. The monoisotopic (exact) mass is 291 g/mol. The highest BCUT2D eigenvalue weighted by Gasteiger charge is 2.02. The van der Waals surface area contributed by atoms with Crippen molar-refractivity contribution >= 4 is 11.7 Å². The van der Waals surface area contributed by atoms with Gasteiger partial charge in [0.05, 0.1) is 0 Å². The van der Waals surface area contributed by atoms with Crippen LogP contribution >= 0.6 is 0 Å². The van der Waals surface area contributed by atoms with Gasteiger partial charge in [-0.1, -0.05) is 38.3 Å². The normalized spacial score (nSPS) is 10.9. The van der Waals surface area contributed by atoms with Crippen molar-refractivity contribution in [3.63, 3.8) is 0 Å². The van der Waals surface area contributed by atoms with Crippen LogP contribution in [0.15, 0.2) is 29.2 Å². The fraction of sp³-hybridized carbons (Fsp3) is 0.562. The molecular weight excluding hydrogens is 266 g/mol. The molecular formula is C16H25N3O2. The zero-order chi connectivity index (χ0) is 15.3.